The van der Waals surface area contributed by atoms with Crippen LogP contribution in [0.1, 0.15) is 94.9 Å². The summed E-state index contributed by atoms with van der Waals surface area (Å²) in [5.41, 5.74) is 14.4. The van der Waals surface area contributed by atoms with Crippen molar-refractivity contribution in [3.8, 4) is 33.8 Å². The lowest BCUT2D eigenvalue weighted by Gasteiger charge is -2.63. The first-order chi connectivity index (χ1) is 27.2. The predicted molar refractivity (Wildman–Crippen MR) is 232 cm³/mol. The van der Waals surface area contributed by atoms with Crippen molar-refractivity contribution >= 4 is 17.1 Å². The van der Waals surface area contributed by atoms with Crippen molar-refractivity contribution in [2.24, 2.45) is 23.7 Å². The third-order valence-electron chi connectivity index (χ3n) is 15.2. The molecule has 5 aliphatic carbocycles. The minimum atomic E-state index is -0.0676. The zero-order valence-corrected chi connectivity index (χ0v) is 33.4. The standard InChI is InChI=1S/C54H53NO/c1-52(2)25-26-53(3,4)48-33-43(23-24-46(48)52)55(42-21-19-38(20-22-42)37-13-7-5-8-14-37)44-32-45(39-15-9-6-10-16-39)51-49(34-44)54(47-17-11-12-18-50(47)56-51)40-28-35-27-36(30-40)31-41(54)29-35/h5-24,32-36,40-41H,25-31H2,1-4H3. The smallest absolute Gasteiger partial charge is 0.139 e. The zero-order valence-electron chi connectivity index (χ0n) is 33.4. The number of hydrogen-bond acceptors (Lipinski definition) is 2. The number of anilines is 3. The van der Waals surface area contributed by atoms with Crippen LogP contribution in [0.2, 0.25) is 0 Å². The van der Waals surface area contributed by atoms with E-state index in [0.29, 0.717) is 11.8 Å². The maximum atomic E-state index is 7.21. The quantitative estimate of drug-likeness (QED) is 0.175. The van der Waals surface area contributed by atoms with Gasteiger partial charge in [0.1, 0.15) is 11.5 Å². The fraction of sp³-hybridized carbons (Fsp3) is 0.333. The Hall–Kier alpha value is -5.08. The van der Waals surface area contributed by atoms with Gasteiger partial charge in [-0.05, 0) is 150 Å². The lowest BCUT2D eigenvalue weighted by Crippen LogP contribution is -2.57. The van der Waals surface area contributed by atoms with Crippen LogP contribution in [0, 0.1) is 23.7 Å². The van der Waals surface area contributed by atoms with Gasteiger partial charge in [-0.15, -0.1) is 0 Å². The maximum Gasteiger partial charge on any atom is 0.139 e. The van der Waals surface area contributed by atoms with E-state index < -0.39 is 0 Å². The molecule has 56 heavy (non-hydrogen) atoms. The van der Waals surface area contributed by atoms with E-state index in [4.69, 9.17) is 4.74 Å². The Morgan fingerprint density at radius 2 is 1.02 bits per heavy atom. The van der Waals surface area contributed by atoms with Gasteiger partial charge in [0.25, 0.3) is 0 Å². The summed E-state index contributed by atoms with van der Waals surface area (Å²) in [6, 6.07) is 52.6. The van der Waals surface area contributed by atoms with Crippen molar-refractivity contribution in [1.82, 2.24) is 0 Å². The summed E-state index contributed by atoms with van der Waals surface area (Å²) in [5, 5.41) is 0. The van der Waals surface area contributed by atoms with Crippen molar-refractivity contribution in [2.45, 2.75) is 88.9 Å². The van der Waals surface area contributed by atoms with Crippen LogP contribution >= 0.6 is 0 Å². The number of fused-ring (bicyclic) bond motifs is 3. The molecular formula is C54H53NO. The molecule has 280 valence electrons. The van der Waals surface area contributed by atoms with Crippen LogP contribution in [-0.2, 0) is 16.2 Å². The molecule has 0 atom stereocenters. The van der Waals surface area contributed by atoms with E-state index in [1.807, 2.05) is 0 Å². The first-order valence-electron chi connectivity index (χ1n) is 21.3. The first-order valence-corrected chi connectivity index (χ1v) is 21.3. The molecule has 0 aromatic heterocycles. The molecular weight excluding hydrogens is 679 g/mol. The van der Waals surface area contributed by atoms with Gasteiger partial charge < -0.3 is 9.64 Å². The Morgan fingerprint density at radius 1 is 0.464 bits per heavy atom. The van der Waals surface area contributed by atoms with Crippen LogP contribution in [0.3, 0.4) is 0 Å². The third kappa shape index (κ3) is 5.13. The van der Waals surface area contributed by atoms with E-state index >= 15 is 0 Å². The van der Waals surface area contributed by atoms with Gasteiger partial charge in [-0.25, -0.2) is 0 Å². The summed E-state index contributed by atoms with van der Waals surface area (Å²) in [7, 11) is 0. The van der Waals surface area contributed by atoms with E-state index in [2.05, 4.69) is 172 Å². The lowest BCUT2D eigenvalue weighted by atomic mass is 9.41. The topological polar surface area (TPSA) is 12.5 Å². The fourth-order valence-corrected chi connectivity index (χ4v) is 12.5. The zero-order chi connectivity index (χ0) is 37.8. The van der Waals surface area contributed by atoms with Gasteiger partial charge in [-0.2, -0.15) is 0 Å². The van der Waals surface area contributed by atoms with Gasteiger partial charge in [0.15, 0.2) is 0 Å². The average Bonchev–Trinajstić information content (AvgIpc) is 3.22. The molecule has 6 aromatic rings. The van der Waals surface area contributed by atoms with E-state index in [-0.39, 0.29) is 16.2 Å². The minimum absolute atomic E-state index is 0.0676. The minimum Gasteiger partial charge on any atom is -0.456 e. The Kier molecular flexibility index (Phi) is 7.61. The highest BCUT2D eigenvalue weighted by atomic mass is 16.5. The lowest BCUT2D eigenvalue weighted by molar-refractivity contribution is -0.0451. The van der Waals surface area contributed by atoms with Gasteiger partial charge in [-0.3, -0.25) is 0 Å². The summed E-state index contributed by atoms with van der Waals surface area (Å²) < 4.78 is 7.21. The number of nitrogens with zero attached hydrogens (tertiary/aromatic N) is 1. The molecule has 1 aliphatic heterocycles. The Morgan fingerprint density at radius 3 is 1.70 bits per heavy atom. The number of para-hydroxylation sites is 1. The second-order valence-corrected chi connectivity index (χ2v) is 19.3. The van der Waals surface area contributed by atoms with Gasteiger partial charge >= 0.3 is 0 Å². The molecule has 0 saturated heterocycles. The maximum absolute atomic E-state index is 7.21. The van der Waals surface area contributed by atoms with Gasteiger partial charge in [0.2, 0.25) is 0 Å². The SMILES string of the molecule is CC1(C)CCC(C)(C)c2cc(N(c3ccc(-c4ccccc4)cc3)c3cc(-c4ccccc4)c4c(c3)C3(c5ccccc5O4)C4CC5CC(C4)CC3C5)ccc21. The number of ether oxygens (including phenoxy) is 1. The number of hydrogen-bond donors (Lipinski definition) is 0. The highest BCUT2D eigenvalue weighted by Gasteiger charge is 2.61. The molecule has 1 heterocycles. The molecule has 0 N–H and O–H groups in total. The molecule has 0 radical (unpaired) electrons. The van der Waals surface area contributed by atoms with Gasteiger partial charge in [-0.1, -0.05) is 125 Å². The van der Waals surface area contributed by atoms with Crippen LogP contribution in [0.5, 0.6) is 11.5 Å². The van der Waals surface area contributed by atoms with Crippen molar-refractivity contribution in [1.29, 1.82) is 0 Å². The number of rotatable bonds is 5. The van der Waals surface area contributed by atoms with Crippen LogP contribution in [-0.4, -0.2) is 0 Å². The second-order valence-electron chi connectivity index (χ2n) is 19.3. The molecule has 6 aliphatic rings. The molecule has 0 amide bonds. The Bertz CT molecular complexity index is 2430. The van der Waals surface area contributed by atoms with Crippen molar-refractivity contribution in [3.63, 3.8) is 0 Å². The highest BCUT2D eigenvalue weighted by molar-refractivity contribution is 5.86. The van der Waals surface area contributed by atoms with E-state index in [9.17, 15) is 0 Å². The summed E-state index contributed by atoms with van der Waals surface area (Å²) >= 11 is 0. The summed E-state index contributed by atoms with van der Waals surface area (Å²) in [6.45, 7) is 9.75. The molecule has 2 nitrogen and oxygen atoms in total. The van der Waals surface area contributed by atoms with E-state index in [1.165, 1.54) is 107 Å². The molecule has 2 heteroatoms. The highest BCUT2D eigenvalue weighted by Crippen LogP contribution is 2.70. The van der Waals surface area contributed by atoms with Crippen LogP contribution in [0.25, 0.3) is 22.3 Å². The summed E-state index contributed by atoms with van der Waals surface area (Å²) in [6.07, 6.45) is 9.12. The van der Waals surface area contributed by atoms with Gasteiger partial charge in [0, 0.05) is 39.2 Å². The van der Waals surface area contributed by atoms with E-state index in [1.54, 1.807) is 0 Å². The van der Waals surface area contributed by atoms with Crippen molar-refractivity contribution in [2.75, 3.05) is 4.90 Å². The summed E-state index contributed by atoms with van der Waals surface area (Å²) in [5.74, 6) is 5.09. The molecule has 12 rings (SSSR count). The average molecular weight is 732 g/mol. The Balaban J connectivity index is 1.18. The molecule has 6 aromatic carbocycles. The van der Waals surface area contributed by atoms with Crippen LogP contribution < -0.4 is 9.64 Å². The summed E-state index contributed by atoms with van der Waals surface area (Å²) in [4.78, 5) is 2.56. The molecule has 0 unspecified atom stereocenters. The second kappa shape index (κ2) is 12.5. The largest absolute Gasteiger partial charge is 0.456 e. The predicted octanol–water partition coefficient (Wildman–Crippen LogP) is 14.7. The molecule has 4 saturated carbocycles. The van der Waals surface area contributed by atoms with Gasteiger partial charge in [0.05, 0.1) is 0 Å². The van der Waals surface area contributed by atoms with Crippen molar-refractivity contribution < 1.29 is 4.74 Å². The van der Waals surface area contributed by atoms with Crippen molar-refractivity contribution in [3.05, 3.63) is 162 Å². The Labute approximate surface area is 333 Å². The van der Waals surface area contributed by atoms with Crippen LogP contribution in [0.15, 0.2) is 140 Å². The normalized spacial score (nSPS) is 25.9. The first kappa shape index (κ1) is 34.2. The molecule has 4 fully saturated rings. The van der Waals surface area contributed by atoms with Crippen LogP contribution in [0.4, 0.5) is 17.1 Å². The molecule has 1 spiro atoms. The van der Waals surface area contributed by atoms with E-state index in [0.717, 1.165) is 23.3 Å². The number of benzene rings is 6. The third-order valence-corrected chi connectivity index (χ3v) is 15.2. The molecule has 4 bridgehead atoms. The fourth-order valence-electron chi connectivity index (χ4n) is 12.5. The monoisotopic (exact) mass is 731 g/mol.